The predicted octanol–water partition coefficient (Wildman–Crippen LogP) is 2.13. The minimum atomic E-state index is -0.367. The number of rotatable bonds is 3. The molecular weight excluding hydrogens is 288 g/mol. The van der Waals surface area contributed by atoms with E-state index < -0.39 is 0 Å². The molecule has 0 aliphatic carbocycles. The molecule has 1 aromatic heterocycles. The summed E-state index contributed by atoms with van der Waals surface area (Å²) in [6.07, 6.45) is 3.53. The van der Waals surface area contributed by atoms with Crippen molar-refractivity contribution < 1.29 is 4.79 Å². The number of hydrogen-bond acceptors (Lipinski definition) is 3. The third kappa shape index (κ3) is 2.49. The Balaban J connectivity index is 1.96. The first kappa shape index (κ1) is 13.9. The molecule has 0 saturated heterocycles. The molecule has 1 aliphatic heterocycles. The first-order valence-electron chi connectivity index (χ1n) is 6.90. The topological polar surface area (TPSA) is 64.2 Å². The van der Waals surface area contributed by atoms with Crippen molar-refractivity contribution in [3.05, 3.63) is 46.5 Å². The maximum atomic E-state index is 11.6. The Hall–Kier alpha value is -2.01. The van der Waals surface area contributed by atoms with E-state index in [1.807, 2.05) is 23.7 Å². The summed E-state index contributed by atoms with van der Waals surface area (Å²) in [5, 5.41) is 0.619. The largest absolute Gasteiger partial charge is 0.366 e. The van der Waals surface area contributed by atoms with Gasteiger partial charge in [-0.2, -0.15) is 0 Å². The van der Waals surface area contributed by atoms with Gasteiger partial charge < -0.3 is 15.2 Å². The van der Waals surface area contributed by atoms with Gasteiger partial charge in [-0.3, -0.25) is 4.79 Å². The van der Waals surface area contributed by atoms with Gasteiger partial charge in [0.05, 0.1) is 12.7 Å². The van der Waals surface area contributed by atoms with E-state index in [4.69, 9.17) is 17.3 Å². The highest BCUT2D eigenvalue weighted by atomic mass is 35.5. The predicted molar refractivity (Wildman–Crippen MR) is 82.5 cm³/mol. The van der Waals surface area contributed by atoms with E-state index in [9.17, 15) is 4.79 Å². The lowest BCUT2D eigenvalue weighted by molar-refractivity contribution is 0.0999. The van der Waals surface area contributed by atoms with Crippen LogP contribution in [-0.2, 0) is 20.0 Å². The summed E-state index contributed by atoms with van der Waals surface area (Å²) in [5.74, 6) is 0.533. The van der Waals surface area contributed by atoms with Gasteiger partial charge in [0.2, 0.25) is 5.91 Å². The van der Waals surface area contributed by atoms with Gasteiger partial charge in [-0.1, -0.05) is 17.7 Å². The molecule has 5 nitrogen and oxygen atoms in total. The summed E-state index contributed by atoms with van der Waals surface area (Å²) < 4.78 is 1.87. The Morgan fingerprint density at radius 3 is 2.95 bits per heavy atom. The normalized spacial score (nSPS) is 14.1. The van der Waals surface area contributed by atoms with Crippen LogP contribution in [0.4, 0.5) is 5.69 Å². The number of benzene rings is 1. The minimum Gasteiger partial charge on any atom is -0.366 e. The van der Waals surface area contributed by atoms with Crippen LogP contribution in [0.1, 0.15) is 28.2 Å². The van der Waals surface area contributed by atoms with Crippen LogP contribution in [0.3, 0.4) is 0 Å². The second-order valence-corrected chi connectivity index (χ2v) is 5.64. The number of fused-ring (bicyclic) bond motifs is 1. The molecule has 2 heterocycles. The number of aromatic nitrogens is 2. The zero-order valence-electron chi connectivity index (χ0n) is 11.8. The highest BCUT2D eigenvalue weighted by Gasteiger charge is 2.22. The van der Waals surface area contributed by atoms with Gasteiger partial charge in [0.15, 0.2) is 0 Å². The van der Waals surface area contributed by atoms with Crippen LogP contribution >= 0.6 is 11.6 Å². The van der Waals surface area contributed by atoms with Crippen molar-refractivity contribution in [1.29, 1.82) is 0 Å². The van der Waals surface area contributed by atoms with Crippen molar-refractivity contribution in [2.45, 2.75) is 19.4 Å². The number of primary amides is 1. The van der Waals surface area contributed by atoms with Crippen LogP contribution in [0.15, 0.2) is 24.4 Å². The first-order chi connectivity index (χ1) is 10.1. The van der Waals surface area contributed by atoms with Gasteiger partial charge in [-0.25, -0.2) is 4.98 Å². The number of carbonyl (C=O) groups excluding carboxylic acids is 1. The number of nitrogens with two attached hydrogens (primary N) is 1. The average Bonchev–Trinajstić information content (AvgIpc) is 2.79. The van der Waals surface area contributed by atoms with Crippen LogP contribution in [0.5, 0.6) is 0 Å². The Kier molecular flexibility index (Phi) is 3.59. The molecule has 0 spiro atoms. The summed E-state index contributed by atoms with van der Waals surface area (Å²) in [4.78, 5) is 18.1. The van der Waals surface area contributed by atoms with Gasteiger partial charge in [0, 0.05) is 24.8 Å². The number of imidazole rings is 1. The third-order valence-corrected chi connectivity index (χ3v) is 4.32. The second-order valence-electron chi connectivity index (χ2n) is 5.25. The van der Waals surface area contributed by atoms with Crippen LogP contribution < -0.4 is 10.6 Å². The highest BCUT2D eigenvalue weighted by Crippen LogP contribution is 2.30. The highest BCUT2D eigenvalue weighted by molar-refractivity contribution is 6.29. The molecule has 0 bridgehead atoms. The van der Waals surface area contributed by atoms with Crippen LogP contribution in [0.2, 0.25) is 5.15 Å². The van der Waals surface area contributed by atoms with Gasteiger partial charge >= 0.3 is 0 Å². The monoisotopic (exact) mass is 304 g/mol. The molecule has 0 atom stereocenters. The molecule has 2 aromatic rings. The number of nitrogens with zero attached hydrogens (tertiary/aromatic N) is 3. The number of halogens is 1. The lowest BCUT2D eigenvalue weighted by Crippen LogP contribution is -2.31. The number of anilines is 1. The molecule has 2 N–H and O–H groups in total. The maximum Gasteiger partial charge on any atom is 0.249 e. The van der Waals surface area contributed by atoms with Gasteiger partial charge in [-0.05, 0) is 30.5 Å². The zero-order chi connectivity index (χ0) is 15.0. The lowest BCUT2D eigenvalue weighted by atomic mass is 9.96. The summed E-state index contributed by atoms with van der Waals surface area (Å²) >= 11 is 6.03. The van der Waals surface area contributed by atoms with Crippen LogP contribution in [-0.4, -0.2) is 22.0 Å². The maximum absolute atomic E-state index is 11.6. The molecule has 1 aliphatic rings. The summed E-state index contributed by atoms with van der Waals surface area (Å²) in [6, 6.07) is 5.70. The number of amides is 1. The van der Waals surface area contributed by atoms with E-state index in [0.717, 1.165) is 36.5 Å². The SMILES string of the molecule is Cn1c(Cl)cnc1CN1CCCc2c(C(N)=O)cccc21. The van der Waals surface area contributed by atoms with E-state index >= 15 is 0 Å². The average molecular weight is 305 g/mol. The molecule has 1 aromatic carbocycles. The Morgan fingerprint density at radius 2 is 2.29 bits per heavy atom. The minimum absolute atomic E-state index is 0.367. The van der Waals surface area contributed by atoms with Gasteiger partial charge in [-0.15, -0.1) is 0 Å². The fraction of sp³-hybridized carbons (Fsp3) is 0.333. The van der Waals surface area contributed by atoms with E-state index in [0.29, 0.717) is 17.3 Å². The molecule has 3 rings (SSSR count). The van der Waals surface area contributed by atoms with Crippen LogP contribution in [0, 0.1) is 0 Å². The van der Waals surface area contributed by atoms with Crippen molar-refractivity contribution in [2.24, 2.45) is 12.8 Å². The molecule has 1 amide bonds. The fourth-order valence-electron chi connectivity index (χ4n) is 2.84. The van der Waals surface area contributed by atoms with Crippen molar-refractivity contribution in [3.8, 4) is 0 Å². The molecule has 110 valence electrons. The van der Waals surface area contributed by atoms with E-state index in [1.54, 1.807) is 12.3 Å². The number of carbonyl (C=O) groups is 1. The van der Waals surface area contributed by atoms with Crippen molar-refractivity contribution in [1.82, 2.24) is 9.55 Å². The lowest BCUT2D eigenvalue weighted by Gasteiger charge is -2.32. The number of hydrogen-bond donors (Lipinski definition) is 1. The van der Waals surface area contributed by atoms with Gasteiger partial charge in [0.25, 0.3) is 0 Å². The van der Waals surface area contributed by atoms with Crippen molar-refractivity contribution in [3.63, 3.8) is 0 Å². The summed E-state index contributed by atoms with van der Waals surface area (Å²) in [7, 11) is 1.90. The van der Waals surface area contributed by atoms with E-state index in [-0.39, 0.29) is 5.91 Å². The molecule has 0 saturated carbocycles. The van der Waals surface area contributed by atoms with Crippen molar-refractivity contribution in [2.75, 3.05) is 11.4 Å². The fourth-order valence-corrected chi connectivity index (χ4v) is 2.98. The first-order valence-corrected chi connectivity index (χ1v) is 7.28. The Labute approximate surface area is 128 Å². The summed E-state index contributed by atoms with van der Waals surface area (Å²) in [6.45, 7) is 1.60. The molecule has 0 radical (unpaired) electrons. The molecule has 0 unspecified atom stereocenters. The zero-order valence-corrected chi connectivity index (χ0v) is 12.6. The quantitative estimate of drug-likeness (QED) is 0.944. The smallest absolute Gasteiger partial charge is 0.249 e. The third-order valence-electron chi connectivity index (χ3n) is 3.97. The molecular formula is C15H17ClN4O. The Bertz CT molecular complexity index is 695. The molecule has 6 heteroatoms. The van der Waals surface area contributed by atoms with Gasteiger partial charge in [0.1, 0.15) is 11.0 Å². The van der Waals surface area contributed by atoms with E-state index in [1.165, 1.54) is 0 Å². The second kappa shape index (κ2) is 5.41. The Morgan fingerprint density at radius 1 is 1.48 bits per heavy atom. The van der Waals surface area contributed by atoms with Crippen molar-refractivity contribution >= 4 is 23.2 Å². The summed E-state index contributed by atoms with van der Waals surface area (Å²) in [5.41, 5.74) is 8.20. The molecule has 21 heavy (non-hydrogen) atoms. The molecule has 0 fully saturated rings. The standard InChI is InChI=1S/C15H17ClN4O/c1-19-13(16)8-18-14(19)9-20-7-3-5-10-11(15(17)21)4-2-6-12(10)20/h2,4,6,8H,3,5,7,9H2,1H3,(H2,17,21). The van der Waals surface area contributed by atoms with Crippen LogP contribution in [0.25, 0.3) is 0 Å². The van der Waals surface area contributed by atoms with E-state index in [2.05, 4.69) is 9.88 Å².